The van der Waals surface area contributed by atoms with Crippen molar-refractivity contribution in [2.75, 3.05) is 14.2 Å². The Hall–Kier alpha value is -5.18. The van der Waals surface area contributed by atoms with E-state index in [0.717, 1.165) is 5.56 Å². The first-order valence-corrected chi connectivity index (χ1v) is 11.9. The minimum atomic E-state index is -0.691. The van der Waals surface area contributed by atoms with E-state index in [-0.39, 0.29) is 0 Å². The summed E-state index contributed by atoms with van der Waals surface area (Å²) in [5.41, 5.74) is 2.82. The van der Waals surface area contributed by atoms with Crippen LogP contribution in [0.15, 0.2) is 88.3 Å². The second-order valence-corrected chi connectivity index (χ2v) is 8.78. The van der Waals surface area contributed by atoms with Crippen LogP contribution in [-0.2, 0) is 0 Å². The van der Waals surface area contributed by atoms with Crippen LogP contribution >= 0.6 is 0 Å². The third-order valence-electron chi connectivity index (χ3n) is 6.74. The van der Waals surface area contributed by atoms with E-state index in [9.17, 15) is 4.79 Å². The molecule has 186 valence electrons. The minimum absolute atomic E-state index is 0.321. The minimum Gasteiger partial charge on any atom is -0.493 e. The number of fused-ring (bicyclic) bond motifs is 6. The Balaban J connectivity index is 1.59. The number of rotatable bonds is 4. The number of para-hydroxylation sites is 2. The topological polar surface area (TPSA) is 101 Å². The molecule has 38 heavy (non-hydrogen) atoms. The third-order valence-corrected chi connectivity index (χ3v) is 6.74. The number of methoxy groups -OCH3 is 2. The van der Waals surface area contributed by atoms with Crippen molar-refractivity contribution in [3.05, 3.63) is 106 Å². The molecule has 0 bridgehead atoms. The van der Waals surface area contributed by atoms with Crippen LogP contribution < -0.4 is 19.8 Å². The summed E-state index contributed by atoms with van der Waals surface area (Å²) in [6.07, 6.45) is 1.56. The van der Waals surface area contributed by atoms with Crippen molar-refractivity contribution in [2.45, 2.75) is 5.92 Å². The summed E-state index contributed by atoms with van der Waals surface area (Å²) in [5.74, 6) is 1.55. The lowest BCUT2D eigenvalue weighted by molar-refractivity contribution is 0.349. The molecule has 0 saturated carbocycles. The first kappa shape index (κ1) is 22.1. The van der Waals surface area contributed by atoms with Gasteiger partial charge in [0, 0.05) is 11.1 Å². The number of aromatic nitrogens is 4. The second kappa shape index (κ2) is 8.45. The third kappa shape index (κ3) is 3.18. The monoisotopic (exact) mass is 504 g/mol. The van der Waals surface area contributed by atoms with Crippen molar-refractivity contribution >= 4 is 16.6 Å². The number of benzene rings is 3. The molecular formula is C29H20N4O5. The van der Waals surface area contributed by atoms with Gasteiger partial charge in [0.15, 0.2) is 28.7 Å². The lowest BCUT2D eigenvalue weighted by Crippen LogP contribution is -2.22. The maximum Gasteiger partial charge on any atom is 0.344 e. The maximum atomic E-state index is 13.6. The SMILES string of the molecule is COc1cccc(C2c3c(c4ccccc4oc3=O)Oc3ncn4nc(-c5ccccc5)nc4c32)c1OC. The molecule has 9 heteroatoms. The van der Waals surface area contributed by atoms with Crippen LogP contribution in [0.2, 0.25) is 0 Å². The zero-order valence-electron chi connectivity index (χ0n) is 20.4. The van der Waals surface area contributed by atoms with Gasteiger partial charge in [-0.2, -0.15) is 0 Å². The highest BCUT2D eigenvalue weighted by Crippen LogP contribution is 2.51. The van der Waals surface area contributed by atoms with Crippen molar-refractivity contribution in [1.82, 2.24) is 19.6 Å². The predicted molar refractivity (Wildman–Crippen MR) is 139 cm³/mol. The van der Waals surface area contributed by atoms with Crippen LogP contribution in [0, 0.1) is 0 Å². The van der Waals surface area contributed by atoms with Crippen LogP contribution in [-0.4, -0.2) is 33.8 Å². The average Bonchev–Trinajstić information content (AvgIpc) is 3.41. The average molecular weight is 505 g/mol. The molecule has 0 fully saturated rings. The van der Waals surface area contributed by atoms with Gasteiger partial charge in [-0.25, -0.2) is 19.3 Å². The molecule has 1 atom stereocenters. The molecule has 0 spiro atoms. The first-order chi connectivity index (χ1) is 18.7. The zero-order valence-corrected chi connectivity index (χ0v) is 20.4. The molecule has 0 N–H and O–H groups in total. The van der Waals surface area contributed by atoms with Gasteiger partial charge in [-0.3, -0.25) is 0 Å². The smallest absolute Gasteiger partial charge is 0.344 e. The van der Waals surface area contributed by atoms with Crippen LogP contribution in [0.1, 0.15) is 22.6 Å². The summed E-state index contributed by atoms with van der Waals surface area (Å²) >= 11 is 0. The van der Waals surface area contributed by atoms with Gasteiger partial charge in [0.2, 0.25) is 5.88 Å². The van der Waals surface area contributed by atoms with Crippen molar-refractivity contribution in [2.24, 2.45) is 0 Å². The first-order valence-electron chi connectivity index (χ1n) is 11.9. The number of hydrogen-bond acceptors (Lipinski definition) is 8. The Bertz CT molecular complexity index is 1910. The molecule has 7 rings (SSSR count). The Morgan fingerprint density at radius 2 is 1.71 bits per heavy atom. The highest BCUT2D eigenvalue weighted by Gasteiger charge is 2.39. The van der Waals surface area contributed by atoms with Gasteiger partial charge in [-0.05, 0) is 18.2 Å². The van der Waals surface area contributed by atoms with Gasteiger partial charge < -0.3 is 18.6 Å². The fraction of sp³-hybridized carbons (Fsp3) is 0.103. The van der Waals surface area contributed by atoms with Crippen LogP contribution in [0.3, 0.4) is 0 Å². The molecular weight excluding hydrogens is 484 g/mol. The van der Waals surface area contributed by atoms with E-state index in [4.69, 9.17) is 23.6 Å². The number of nitrogens with zero attached hydrogens (tertiary/aromatic N) is 4. The molecule has 3 aromatic carbocycles. The Kier molecular flexibility index (Phi) is 4.90. The standard InChI is InChI=1S/C29H20N4O5/c1-35-20-14-8-12-18(24(20)36-2)21-22-25(17-11-6-7-13-19(17)37-29(22)34)38-28-23(21)27-31-26(32-33(27)15-30-28)16-9-4-3-5-10-16/h3-15,21H,1-2H3. The molecule has 1 aliphatic rings. The summed E-state index contributed by atoms with van der Waals surface area (Å²) in [5, 5.41) is 5.31. The van der Waals surface area contributed by atoms with E-state index in [1.807, 2.05) is 54.6 Å². The van der Waals surface area contributed by atoms with E-state index in [2.05, 4.69) is 10.1 Å². The van der Waals surface area contributed by atoms with Gasteiger partial charge in [0.1, 0.15) is 11.9 Å². The fourth-order valence-corrected chi connectivity index (χ4v) is 5.09. The quantitative estimate of drug-likeness (QED) is 0.302. The molecule has 3 aromatic heterocycles. The van der Waals surface area contributed by atoms with E-state index in [1.165, 1.54) is 0 Å². The molecule has 9 nitrogen and oxygen atoms in total. The molecule has 1 unspecified atom stereocenters. The summed E-state index contributed by atoms with van der Waals surface area (Å²) in [6, 6.07) is 22.4. The molecule has 0 aliphatic carbocycles. The molecule has 4 heterocycles. The van der Waals surface area contributed by atoms with E-state index < -0.39 is 11.5 Å². The van der Waals surface area contributed by atoms with Crippen molar-refractivity contribution in [1.29, 1.82) is 0 Å². The van der Waals surface area contributed by atoms with Crippen LogP contribution in [0.5, 0.6) is 23.1 Å². The van der Waals surface area contributed by atoms with Gasteiger partial charge in [-0.1, -0.05) is 54.6 Å². The van der Waals surface area contributed by atoms with Crippen LogP contribution in [0.4, 0.5) is 0 Å². The molecule has 0 saturated heterocycles. The molecule has 0 amide bonds. The fourth-order valence-electron chi connectivity index (χ4n) is 5.09. The number of hydrogen-bond donors (Lipinski definition) is 0. The Labute approximate surface area is 215 Å². The summed E-state index contributed by atoms with van der Waals surface area (Å²) in [4.78, 5) is 23.1. The second-order valence-electron chi connectivity index (χ2n) is 8.78. The molecule has 6 aromatic rings. The highest BCUT2D eigenvalue weighted by atomic mass is 16.5. The zero-order chi connectivity index (χ0) is 25.8. The predicted octanol–water partition coefficient (Wildman–Crippen LogP) is 5.20. The van der Waals surface area contributed by atoms with Gasteiger partial charge >= 0.3 is 5.63 Å². The van der Waals surface area contributed by atoms with E-state index in [1.54, 1.807) is 43.3 Å². The normalized spacial score (nSPS) is 14.1. The largest absolute Gasteiger partial charge is 0.493 e. The van der Waals surface area contributed by atoms with Gasteiger partial charge in [0.25, 0.3) is 0 Å². The molecule has 1 aliphatic heterocycles. The molecule has 0 radical (unpaired) electrons. The lowest BCUT2D eigenvalue weighted by Gasteiger charge is -2.28. The van der Waals surface area contributed by atoms with E-state index >= 15 is 0 Å². The van der Waals surface area contributed by atoms with Gasteiger partial charge in [0.05, 0.1) is 36.7 Å². The van der Waals surface area contributed by atoms with Crippen molar-refractivity contribution in [3.63, 3.8) is 0 Å². The Morgan fingerprint density at radius 3 is 2.53 bits per heavy atom. The van der Waals surface area contributed by atoms with Crippen LogP contribution in [0.25, 0.3) is 28.0 Å². The highest BCUT2D eigenvalue weighted by molar-refractivity contribution is 5.87. The summed E-state index contributed by atoms with van der Waals surface area (Å²) < 4.78 is 25.1. The van der Waals surface area contributed by atoms with Crippen molar-refractivity contribution in [3.8, 4) is 34.5 Å². The lowest BCUT2D eigenvalue weighted by atomic mass is 9.83. The summed E-state index contributed by atoms with van der Waals surface area (Å²) in [6.45, 7) is 0. The Morgan fingerprint density at radius 1 is 0.895 bits per heavy atom. The number of ether oxygens (including phenoxy) is 3. The van der Waals surface area contributed by atoms with Crippen molar-refractivity contribution < 1.29 is 18.6 Å². The van der Waals surface area contributed by atoms with Gasteiger partial charge in [-0.15, -0.1) is 5.10 Å². The van der Waals surface area contributed by atoms with E-state index in [0.29, 0.717) is 62.3 Å². The summed E-state index contributed by atoms with van der Waals surface area (Å²) in [7, 11) is 3.13. The maximum absolute atomic E-state index is 13.6.